The Labute approximate surface area is 119 Å². The minimum Gasteiger partial charge on any atom is -0.398 e. The molecule has 1 heterocycles. The van der Waals surface area contributed by atoms with Gasteiger partial charge in [0, 0.05) is 35.0 Å². The third kappa shape index (κ3) is 3.41. The van der Waals surface area contributed by atoms with Gasteiger partial charge in [0.1, 0.15) is 0 Å². The van der Waals surface area contributed by atoms with Crippen molar-refractivity contribution in [3.8, 4) is 0 Å². The zero-order valence-electron chi connectivity index (χ0n) is 11.5. The number of nitrogens with zero attached hydrogens (tertiary/aromatic N) is 1. The molecule has 0 bridgehead atoms. The maximum absolute atomic E-state index is 5.87. The third-order valence-electron chi connectivity index (χ3n) is 3.23. The van der Waals surface area contributed by atoms with E-state index in [1.807, 2.05) is 11.4 Å². The molecule has 1 aromatic heterocycles. The Balaban J connectivity index is 1.97. The maximum Gasteiger partial charge on any atom is 0.0514 e. The van der Waals surface area contributed by atoms with Gasteiger partial charge in [-0.05, 0) is 49.6 Å². The standard InChI is InChI=1S/C15H21N3S/c1-3-18(4-2)13-7-5-12(6-8-13)17-11-15-14(16)9-10-19-15/h5-10,17H,3-4,11,16H2,1-2H3. The predicted octanol–water partition coefficient (Wildman–Crippen LogP) is 3.79. The molecule has 0 aliphatic carbocycles. The van der Waals surface area contributed by atoms with Gasteiger partial charge in [-0.3, -0.25) is 0 Å². The molecular weight excluding hydrogens is 254 g/mol. The molecule has 1 aromatic carbocycles. The minimum absolute atomic E-state index is 0.786. The summed E-state index contributed by atoms with van der Waals surface area (Å²) in [6.07, 6.45) is 0. The van der Waals surface area contributed by atoms with Crippen LogP contribution >= 0.6 is 11.3 Å². The highest BCUT2D eigenvalue weighted by Crippen LogP contribution is 2.22. The Hall–Kier alpha value is -1.68. The third-order valence-corrected chi connectivity index (χ3v) is 4.17. The zero-order chi connectivity index (χ0) is 13.7. The lowest BCUT2D eigenvalue weighted by Crippen LogP contribution is -2.21. The van der Waals surface area contributed by atoms with E-state index in [4.69, 9.17) is 5.73 Å². The second-order valence-electron chi connectivity index (χ2n) is 4.37. The van der Waals surface area contributed by atoms with Crippen LogP contribution in [0.4, 0.5) is 17.1 Å². The van der Waals surface area contributed by atoms with Crippen molar-refractivity contribution >= 4 is 28.4 Å². The van der Waals surface area contributed by atoms with Crippen LogP contribution in [0.1, 0.15) is 18.7 Å². The van der Waals surface area contributed by atoms with E-state index in [0.717, 1.165) is 31.0 Å². The van der Waals surface area contributed by atoms with Crippen LogP contribution in [-0.2, 0) is 6.54 Å². The molecule has 4 heteroatoms. The van der Waals surface area contributed by atoms with Gasteiger partial charge < -0.3 is 16.0 Å². The van der Waals surface area contributed by atoms with E-state index >= 15 is 0 Å². The number of anilines is 3. The van der Waals surface area contributed by atoms with Gasteiger partial charge in [-0.15, -0.1) is 11.3 Å². The first-order valence-electron chi connectivity index (χ1n) is 6.65. The van der Waals surface area contributed by atoms with Crippen LogP contribution in [0.2, 0.25) is 0 Å². The van der Waals surface area contributed by atoms with Crippen molar-refractivity contribution in [3.63, 3.8) is 0 Å². The summed E-state index contributed by atoms with van der Waals surface area (Å²) >= 11 is 1.69. The molecule has 0 saturated heterocycles. The summed E-state index contributed by atoms with van der Waals surface area (Å²) < 4.78 is 0. The van der Waals surface area contributed by atoms with E-state index in [-0.39, 0.29) is 0 Å². The topological polar surface area (TPSA) is 41.3 Å². The SMILES string of the molecule is CCN(CC)c1ccc(NCc2sccc2N)cc1. The lowest BCUT2D eigenvalue weighted by molar-refractivity contribution is 0.866. The zero-order valence-corrected chi connectivity index (χ0v) is 12.3. The Bertz CT molecular complexity index is 500. The summed E-state index contributed by atoms with van der Waals surface area (Å²) in [5.41, 5.74) is 9.14. The van der Waals surface area contributed by atoms with Crippen molar-refractivity contribution in [1.82, 2.24) is 0 Å². The fraction of sp³-hybridized carbons (Fsp3) is 0.333. The van der Waals surface area contributed by atoms with Crippen LogP contribution < -0.4 is 16.0 Å². The van der Waals surface area contributed by atoms with E-state index in [1.54, 1.807) is 11.3 Å². The molecule has 0 radical (unpaired) electrons. The quantitative estimate of drug-likeness (QED) is 0.843. The van der Waals surface area contributed by atoms with E-state index in [0.29, 0.717) is 0 Å². The Kier molecular flexibility index (Phi) is 4.68. The molecule has 0 amide bonds. The molecule has 19 heavy (non-hydrogen) atoms. The summed E-state index contributed by atoms with van der Waals surface area (Å²) in [5.74, 6) is 0. The van der Waals surface area contributed by atoms with Gasteiger partial charge in [0.25, 0.3) is 0 Å². The number of nitrogens with two attached hydrogens (primary N) is 1. The average Bonchev–Trinajstić information content (AvgIpc) is 2.85. The monoisotopic (exact) mass is 275 g/mol. The molecule has 0 saturated carbocycles. The van der Waals surface area contributed by atoms with Gasteiger partial charge >= 0.3 is 0 Å². The molecule has 0 aliphatic heterocycles. The number of rotatable bonds is 6. The second-order valence-corrected chi connectivity index (χ2v) is 5.37. The molecule has 102 valence electrons. The first kappa shape index (κ1) is 13.7. The lowest BCUT2D eigenvalue weighted by Gasteiger charge is -2.21. The molecule has 2 rings (SSSR count). The predicted molar refractivity (Wildman–Crippen MR) is 86.1 cm³/mol. The lowest BCUT2D eigenvalue weighted by atomic mass is 10.2. The van der Waals surface area contributed by atoms with Crippen molar-refractivity contribution < 1.29 is 0 Å². The van der Waals surface area contributed by atoms with Gasteiger partial charge in [-0.2, -0.15) is 0 Å². The van der Waals surface area contributed by atoms with Crippen LogP contribution in [0, 0.1) is 0 Å². The van der Waals surface area contributed by atoms with Crippen molar-refractivity contribution in [2.75, 3.05) is 29.0 Å². The van der Waals surface area contributed by atoms with Crippen LogP contribution in [0.25, 0.3) is 0 Å². The van der Waals surface area contributed by atoms with Crippen molar-refractivity contribution in [2.45, 2.75) is 20.4 Å². The van der Waals surface area contributed by atoms with E-state index in [1.165, 1.54) is 10.6 Å². The largest absolute Gasteiger partial charge is 0.398 e. The molecule has 0 aliphatic rings. The molecule has 2 aromatic rings. The van der Waals surface area contributed by atoms with Crippen LogP contribution in [0.3, 0.4) is 0 Å². The summed E-state index contributed by atoms with van der Waals surface area (Å²) in [6, 6.07) is 10.5. The van der Waals surface area contributed by atoms with Crippen molar-refractivity contribution in [2.24, 2.45) is 0 Å². The minimum atomic E-state index is 0.786. The number of nitrogen functional groups attached to an aromatic ring is 1. The van der Waals surface area contributed by atoms with Gasteiger partial charge in [-0.1, -0.05) is 0 Å². The first-order valence-corrected chi connectivity index (χ1v) is 7.53. The highest BCUT2D eigenvalue weighted by atomic mass is 32.1. The number of benzene rings is 1. The van der Waals surface area contributed by atoms with E-state index in [9.17, 15) is 0 Å². The number of thiophene rings is 1. The highest BCUT2D eigenvalue weighted by Gasteiger charge is 2.02. The summed E-state index contributed by atoms with van der Waals surface area (Å²) in [5, 5.41) is 5.43. The first-order chi connectivity index (χ1) is 9.24. The van der Waals surface area contributed by atoms with Gasteiger partial charge in [0.2, 0.25) is 0 Å². The normalized spacial score (nSPS) is 10.4. The molecule has 0 spiro atoms. The summed E-state index contributed by atoms with van der Waals surface area (Å²) in [7, 11) is 0. The molecule has 0 atom stereocenters. The van der Waals surface area contributed by atoms with Gasteiger partial charge in [-0.25, -0.2) is 0 Å². The van der Waals surface area contributed by atoms with E-state index in [2.05, 4.69) is 48.3 Å². The second kappa shape index (κ2) is 6.48. The summed E-state index contributed by atoms with van der Waals surface area (Å²) in [4.78, 5) is 3.52. The van der Waals surface area contributed by atoms with Crippen molar-refractivity contribution in [1.29, 1.82) is 0 Å². The Morgan fingerprint density at radius 3 is 2.32 bits per heavy atom. The van der Waals surface area contributed by atoms with Crippen molar-refractivity contribution in [3.05, 3.63) is 40.6 Å². The fourth-order valence-corrected chi connectivity index (χ4v) is 2.79. The number of hydrogen-bond donors (Lipinski definition) is 2. The van der Waals surface area contributed by atoms with Gasteiger partial charge in [0.15, 0.2) is 0 Å². The molecule has 0 fully saturated rings. The molecular formula is C15H21N3S. The maximum atomic E-state index is 5.87. The summed E-state index contributed by atoms with van der Waals surface area (Å²) in [6.45, 7) is 7.21. The Morgan fingerprint density at radius 2 is 1.79 bits per heavy atom. The fourth-order valence-electron chi connectivity index (χ4n) is 2.06. The smallest absolute Gasteiger partial charge is 0.0514 e. The highest BCUT2D eigenvalue weighted by molar-refractivity contribution is 7.10. The van der Waals surface area contributed by atoms with Crippen LogP contribution in [0.5, 0.6) is 0 Å². The Morgan fingerprint density at radius 1 is 1.11 bits per heavy atom. The number of nitrogens with one attached hydrogen (secondary N) is 1. The molecule has 0 unspecified atom stereocenters. The van der Waals surface area contributed by atoms with Crippen LogP contribution in [0.15, 0.2) is 35.7 Å². The average molecular weight is 275 g/mol. The number of hydrogen-bond acceptors (Lipinski definition) is 4. The van der Waals surface area contributed by atoms with Crippen LogP contribution in [-0.4, -0.2) is 13.1 Å². The van der Waals surface area contributed by atoms with Gasteiger partial charge in [0.05, 0.1) is 6.54 Å². The van der Waals surface area contributed by atoms with E-state index < -0.39 is 0 Å². The molecule has 3 nitrogen and oxygen atoms in total. The molecule has 3 N–H and O–H groups in total.